The van der Waals surface area contributed by atoms with Crippen molar-refractivity contribution in [2.24, 2.45) is 13.0 Å². The van der Waals surface area contributed by atoms with E-state index in [2.05, 4.69) is 0 Å². The molecule has 18 heavy (non-hydrogen) atoms. The normalized spacial score (nSPS) is 16.5. The van der Waals surface area contributed by atoms with Crippen LogP contribution in [0.25, 0.3) is 11.1 Å². The molecule has 0 bridgehead atoms. The molecule has 1 aromatic carbocycles. The molecular formula is C14H15NO3. The first-order chi connectivity index (χ1) is 8.66. The van der Waals surface area contributed by atoms with Crippen molar-refractivity contribution in [1.82, 2.24) is 4.57 Å². The number of hydrogen-bond acceptors (Lipinski definition) is 3. The molecule has 0 radical (unpaired) electrons. The molecule has 1 fully saturated rings. The number of benzene rings is 1. The number of nitrogens with zero attached hydrogens (tertiary/aromatic N) is 1. The second kappa shape index (κ2) is 4.12. The van der Waals surface area contributed by atoms with Crippen LogP contribution in [0, 0.1) is 5.92 Å². The molecule has 1 saturated carbocycles. The van der Waals surface area contributed by atoms with Gasteiger partial charge >= 0.3 is 5.76 Å². The highest BCUT2D eigenvalue weighted by Gasteiger charge is 2.24. The SMILES string of the molecule is Cn1c(=O)oc2ccc(C(=O)C3CCCC3)cc21. The average Bonchev–Trinajstić information content (AvgIpc) is 2.99. The molecule has 1 aliphatic carbocycles. The van der Waals surface area contributed by atoms with E-state index in [0.717, 1.165) is 25.7 Å². The first-order valence-electron chi connectivity index (χ1n) is 6.30. The van der Waals surface area contributed by atoms with Crippen molar-refractivity contribution >= 4 is 16.9 Å². The van der Waals surface area contributed by atoms with Crippen LogP contribution in [0.2, 0.25) is 0 Å². The quantitative estimate of drug-likeness (QED) is 0.764. The highest BCUT2D eigenvalue weighted by atomic mass is 16.4. The Labute approximate surface area is 104 Å². The summed E-state index contributed by atoms with van der Waals surface area (Å²) in [5.41, 5.74) is 1.90. The Bertz CT molecular complexity index is 659. The minimum absolute atomic E-state index is 0.159. The van der Waals surface area contributed by atoms with Gasteiger partial charge in [-0.3, -0.25) is 9.36 Å². The van der Waals surface area contributed by atoms with Gasteiger partial charge in [-0.2, -0.15) is 0 Å². The van der Waals surface area contributed by atoms with Crippen molar-refractivity contribution in [1.29, 1.82) is 0 Å². The molecule has 94 valence electrons. The Hall–Kier alpha value is -1.84. The summed E-state index contributed by atoms with van der Waals surface area (Å²) in [5, 5.41) is 0. The molecule has 0 N–H and O–H groups in total. The molecule has 0 atom stereocenters. The van der Waals surface area contributed by atoms with Crippen LogP contribution < -0.4 is 5.76 Å². The van der Waals surface area contributed by atoms with E-state index < -0.39 is 5.76 Å². The summed E-state index contributed by atoms with van der Waals surface area (Å²) in [6.45, 7) is 0. The fourth-order valence-corrected chi connectivity index (χ4v) is 2.70. The number of carbonyl (C=O) groups is 1. The maximum Gasteiger partial charge on any atom is 0.419 e. The zero-order valence-electron chi connectivity index (χ0n) is 10.3. The van der Waals surface area contributed by atoms with Crippen LogP contribution in [0.5, 0.6) is 0 Å². The Morgan fingerprint density at radius 1 is 1.33 bits per heavy atom. The van der Waals surface area contributed by atoms with E-state index in [1.54, 1.807) is 25.2 Å². The van der Waals surface area contributed by atoms with Crippen LogP contribution in [0.4, 0.5) is 0 Å². The number of ketones is 1. The lowest BCUT2D eigenvalue weighted by atomic mass is 9.96. The van der Waals surface area contributed by atoms with Crippen LogP contribution in [0.3, 0.4) is 0 Å². The van der Waals surface area contributed by atoms with E-state index in [-0.39, 0.29) is 11.7 Å². The number of fused-ring (bicyclic) bond motifs is 1. The molecule has 0 saturated heterocycles. The van der Waals surface area contributed by atoms with Crippen molar-refractivity contribution in [3.63, 3.8) is 0 Å². The molecule has 0 aliphatic heterocycles. The second-order valence-corrected chi connectivity index (χ2v) is 4.96. The number of rotatable bonds is 2. The van der Waals surface area contributed by atoms with Gasteiger partial charge in [-0.1, -0.05) is 12.8 Å². The van der Waals surface area contributed by atoms with Crippen LogP contribution >= 0.6 is 0 Å². The molecule has 3 rings (SSSR count). The van der Waals surface area contributed by atoms with Crippen molar-refractivity contribution in [2.45, 2.75) is 25.7 Å². The number of hydrogen-bond donors (Lipinski definition) is 0. The van der Waals surface area contributed by atoms with Gasteiger partial charge in [-0.05, 0) is 31.0 Å². The van der Waals surface area contributed by atoms with Gasteiger partial charge in [-0.25, -0.2) is 4.79 Å². The maximum atomic E-state index is 12.3. The number of aryl methyl sites for hydroxylation is 1. The fourth-order valence-electron chi connectivity index (χ4n) is 2.70. The summed E-state index contributed by atoms with van der Waals surface area (Å²) in [5.74, 6) is -0.0371. The number of Topliss-reactive ketones (excluding diaryl/α,β-unsaturated/α-hetero) is 1. The van der Waals surface area contributed by atoms with Crippen molar-refractivity contribution in [3.05, 3.63) is 34.3 Å². The van der Waals surface area contributed by atoms with Crippen molar-refractivity contribution in [2.75, 3.05) is 0 Å². The molecule has 1 heterocycles. The standard InChI is InChI=1S/C14H15NO3/c1-15-11-8-10(6-7-12(11)18-14(15)17)13(16)9-4-2-3-5-9/h6-9H,2-5H2,1H3. The van der Waals surface area contributed by atoms with Gasteiger partial charge in [0.1, 0.15) is 0 Å². The Morgan fingerprint density at radius 3 is 2.78 bits per heavy atom. The van der Waals surface area contributed by atoms with E-state index in [1.165, 1.54) is 4.57 Å². The smallest absolute Gasteiger partial charge is 0.408 e. The van der Waals surface area contributed by atoms with Crippen molar-refractivity contribution in [3.8, 4) is 0 Å². The third kappa shape index (κ3) is 1.68. The summed E-state index contributed by atoms with van der Waals surface area (Å²) in [6, 6.07) is 5.23. The lowest BCUT2D eigenvalue weighted by molar-refractivity contribution is 0.0923. The third-order valence-electron chi connectivity index (χ3n) is 3.80. The van der Waals surface area contributed by atoms with Crippen LogP contribution in [0.15, 0.2) is 27.4 Å². The molecule has 4 nitrogen and oxygen atoms in total. The number of aromatic nitrogens is 1. The largest absolute Gasteiger partial charge is 0.419 e. The lowest BCUT2D eigenvalue weighted by Crippen LogP contribution is -2.11. The van der Waals surface area contributed by atoms with E-state index in [0.29, 0.717) is 16.7 Å². The maximum absolute atomic E-state index is 12.3. The summed E-state index contributed by atoms with van der Waals surface area (Å²) in [4.78, 5) is 23.7. The predicted octanol–water partition coefficient (Wildman–Crippen LogP) is 2.50. The van der Waals surface area contributed by atoms with Gasteiger partial charge in [0.15, 0.2) is 11.4 Å². The highest BCUT2D eigenvalue weighted by molar-refractivity contribution is 6.00. The van der Waals surface area contributed by atoms with E-state index in [4.69, 9.17) is 4.42 Å². The van der Waals surface area contributed by atoms with Crippen LogP contribution in [-0.4, -0.2) is 10.4 Å². The van der Waals surface area contributed by atoms with Gasteiger partial charge < -0.3 is 4.42 Å². The minimum Gasteiger partial charge on any atom is -0.408 e. The van der Waals surface area contributed by atoms with Gasteiger partial charge in [0.2, 0.25) is 0 Å². The van der Waals surface area contributed by atoms with E-state index in [9.17, 15) is 9.59 Å². The number of carbonyl (C=O) groups excluding carboxylic acids is 1. The van der Waals surface area contributed by atoms with Crippen LogP contribution in [-0.2, 0) is 7.05 Å². The zero-order valence-corrected chi connectivity index (χ0v) is 10.3. The predicted molar refractivity (Wildman–Crippen MR) is 67.7 cm³/mol. The minimum atomic E-state index is -0.393. The molecule has 1 aliphatic rings. The molecule has 0 unspecified atom stereocenters. The second-order valence-electron chi connectivity index (χ2n) is 4.96. The van der Waals surface area contributed by atoms with E-state index >= 15 is 0 Å². The van der Waals surface area contributed by atoms with Gasteiger partial charge in [0, 0.05) is 18.5 Å². The number of oxazole rings is 1. The molecule has 4 heteroatoms. The summed E-state index contributed by atoms with van der Waals surface area (Å²) >= 11 is 0. The summed E-state index contributed by atoms with van der Waals surface area (Å²) in [7, 11) is 1.65. The Morgan fingerprint density at radius 2 is 2.06 bits per heavy atom. The monoisotopic (exact) mass is 245 g/mol. The first-order valence-corrected chi connectivity index (χ1v) is 6.30. The summed E-state index contributed by atoms with van der Waals surface area (Å²) < 4.78 is 6.49. The van der Waals surface area contributed by atoms with Crippen LogP contribution in [0.1, 0.15) is 36.0 Å². The lowest BCUT2D eigenvalue weighted by Gasteiger charge is -2.07. The topological polar surface area (TPSA) is 52.2 Å². The Balaban J connectivity index is 2.04. The van der Waals surface area contributed by atoms with Crippen molar-refractivity contribution < 1.29 is 9.21 Å². The fraction of sp³-hybridized carbons (Fsp3) is 0.429. The zero-order chi connectivity index (χ0) is 12.7. The summed E-state index contributed by atoms with van der Waals surface area (Å²) in [6.07, 6.45) is 4.26. The van der Waals surface area contributed by atoms with Gasteiger partial charge in [0.25, 0.3) is 0 Å². The van der Waals surface area contributed by atoms with E-state index in [1.807, 2.05) is 0 Å². The average molecular weight is 245 g/mol. The molecule has 0 amide bonds. The highest BCUT2D eigenvalue weighted by Crippen LogP contribution is 2.28. The first kappa shape index (κ1) is 11.3. The molecular weight excluding hydrogens is 230 g/mol. The Kier molecular flexibility index (Phi) is 2.58. The third-order valence-corrected chi connectivity index (χ3v) is 3.80. The van der Waals surface area contributed by atoms with Gasteiger partial charge in [-0.15, -0.1) is 0 Å². The molecule has 0 spiro atoms. The molecule has 2 aromatic rings. The van der Waals surface area contributed by atoms with Gasteiger partial charge in [0.05, 0.1) is 5.52 Å². The molecule has 1 aromatic heterocycles.